The zero-order chi connectivity index (χ0) is 12.5. The number of ether oxygens (including phenoxy) is 1. The van der Waals surface area contributed by atoms with Gasteiger partial charge in [-0.2, -0.15) is 0 Å². The van der Waals surface area contributed by atoms with Gasteiger partial charge in [-0.3, -0.25) is 4.79 Å². The topological polar surface area (TPSA) is 29.5 Å². The molecule has 16 heavy (non-hydrogen) atoms. The molecule has 1 aliphatic heterocycles. The number of amides is 1. The van der Waals surface area contributed by atoms with Crippen molar-refractivity contribution in [3.63, 3.8) is 0 Å². The Hall–Kier alpha value is 0.01000. The normalized spacial score (nSPS) is 28.8. The first-order valence-corrected chi connectivity index (χ1v) is 6.56. The van der Waals surface area contributed by atoms with Crippen molar-refractivity contribution in [3.05, 3.63) is 0 Å². The maximum atomic E-state index is 12.0. The molecule has 1 rings (SSSR count). The summed E-state index contributed by atoms with van der Waals surface area (Å²) in [5, 5.41) is 0. The van der Waals surface area contributed by atoms with Crippen molar-refractivity contribution in [1.29, 1.82) is 0 Å². The van der Waals surface area contributed by atoms with E-state index >= 15 is 0 Å². The van der Waals surface area contributed by atoms with Gasteiger partial charge in [0.1, 0.15) is 5.72 Å². The molecule has 1 fully saturated rings. The molecule has 0 aromatic carbocycles. The molecule has 0 bridgehead atoms. The van der Waals surface area contributed by atoms with Crippen LogP contribution in [0.2, 0.25) is 0 Å². The van der Waals surface area contributed by atoms with Gasteiger partial charge in [0.2, 0.25) is 0 Å². The van der Waals surface area contributed by atoms with Crippen LogP contribution >= 0.6 is 23.2 Å². The lowest BCUT2D eigenvalue weighted by molar-refractivity contribution is -0.152. The van der Waals surface area contributed by atoms with Crippen LogP contribution in [-0.2, 0) is 9.53 Å². The molecule has 0 radical (unpaired) electrons. The van der Waals surface area contributed by atoms with Crippen LogP contribution in [0.25, 0.3) is 0 Å². The van der Waals surface area contributed by atoms with Crippen molar-refractivity contribution >= 4 is 29.1 Å². The largest absolute Gasteiger partial charge is 0.351 e. The van der Waals surface area contributed by atoms with E-state index in [1.807, 2.05) is 27.7 Å². The number of rotatable bonds is 3. The van der Waals surface area contributed by atoms with Crippen LogP contribution in [0.4, 0.5) is 0 Å². The van der Waals surface area contributed by atoms with Crippen molar-refractivity contribution < 1.29 is 9.53 Å². The van der Waals surface area contributed by atoms with Gasteiger partial charge < -0.3 is 9.64 Å². The summed E-state index contributed by atoms with van der Waals surface area (Å²) in [7, 11) is 0. The number of halogens is 2. The van der Waals surface area contributed by atoms with Gasteiger partial charge in [-0.1, -0.05) is 37.0 Å². The Morgan fingerprint density at radius 3 is 2.25 bits per heavy atom. The standard InChI is InChI=1S/C11H19Cl2NO2/c1-5-11(6-2)14(10(15)9(12)13)7(3)8(4)16-11/h7-9H,5-6H2,1-4H3. The molecule has 1 amide bonds. The van der Waals surface area contributed by atoms with Crippen LogP contribution in [0.5, 0.6) is 0 Å². The summed E-state index contributed by atoms with van der Waals surface area (Å²) in [4.78, 5) is 12.7. The molecular weight excluding hydrogens is 249 g/mol. The van der Waals surface area contributed by atoms with E-state index in [4.69, 9.17) is 27.9 Å². The average Bonchev–Trinajstić information content (AvgIpc) is 2.51. The molecule has 0 spiro atoms. The molecule has 0 aromatic rings. The third-order valence-electron chi connectivity index (χ3n) is 3.46. The average molecular weight is 268 g/mol. The van der Waals surface area contributed by atoms with Crippen molar-refractivity contribution in [3.8, 4) is 0 Å². The summed E-state index contributed by atoms with van der Waals surface area (Å²) >= 11 is 11.4. The van der Waals surface area contributed by atoms with Crippen molar-refractivity contribution in [1.82, 2.24) is 4.90 Å². The Labute approximate surface area is 107 Å². The summed E-state index contributed by atoms with van der Waals surface area (Å²) in [6, 6.07) is 0.00685. The molecule has 2 atom stereocenters. The molecule has 1 heterocycles. The van der Waals surface area contributed by atoms with E-state index in [2.05, 4.69) is 0 Å². The lowest BCUT2D eigenvalue weighted by Crippen LogP contribution is -2.52. The maximum absolute atomic E-state index is 12.0. The molecule has 1 aliphatic rings. The third kappa shape index (κ3) is 2.18. The first-order chi connectivity index (χ1) is 7.39. The zero-order valence-electron chi connectivity index (χ0n) is 10.2. The van der Waals surface area contributed by atoms with Gasteiger partial charge >= 0.3 is 0 Å². The number of hydrogen-bond donors (Lipinski definition) is 0. The molecule has 3 nitrogen and oxygen atoms in total. The van der Waals surface area contributed by atoms with Gasteiger partial charge in [0.25, 0.3) is 5.91 Å². The monoisotopic (exact) mass is 267 g/mol. The number of alkyl halides is 2. The Balaban J connectivity index is 3.04. The van der Waals surface area contributed by atoms with Gasteiger partial charge in [-0.05, 0) is 26.7 Å². The molecule has 5 heteroatoms. The summed E-state index contributed by atoms with van der Waals surface area (Å²) in [5.74, 6) is -0.260. The number of carbonyl (C=O) groups is 1. The van der Waals surface area contributed by atoms with E-state index in [9.17, 15) is 4.79 Å². The Morgan fingerprint density at radius 1 is 1.38 bits per heavy atom. The lowest BCUT2D eigenvalue weighted by Gasteiger charge is -2.37. The van der Waals surface area contributed by atoms with E-state index in [0.717, 1.165) is 12.8 Å². The predicted octanol–water partition coefficient (Wildman–Crippen LogP) is 2.94. The van der Waals surface area contributed by atoms with Gasteiger partial charge in [0.15, 0.2) is 4.84 Å². The maximum Gasteiger partial charge on any atom is 0.258 e. The fraction of sp³-hybridized carbons (Fsp3) is 0.909. The van der Waals surface area contributed by atoms with Gasteiger partial charge in [-0.25, -0.2) is 0 Å². The smallest absolute Gasteiger partial charge is 0.258 e. The summed E-state index contributed by atoms with van der Waals surface area (Å²) in [6.07, 6.45) is 1.49. The minimum Gasteiger partial charge on any atom is -0.351 e. The van der Waals surface area contributed by atoms with Gasteiger partial charge in [0, 0.05) is 0 Å². The third-order valence-corrected chi connectivity index (χ3v) is 3.83. The van der Waals surface area contributed by atoms with Crippen LogP contribution in [0.3, 0.4) is 0 Å². The molecule has 0 aromatic heterocycles. The molecule has 2 unspecified atom stereocenters. The number of carbonyl (C=O) groups excluding carboxylic acids is 1. The van der Waals surface area contributed by atoms with E-state index in [-0.39, 0.29) is 18.1 Å². The molecular formula is C11H19Cl2NO2. The summed E-state index contributed by atoms with van der Waals surface area (Å²) in [5.41, 5.74) is -0.544. The van der Waals surface area contributed by atoms with Crippen molar-refractivity contribution in [2.24, 2.45) is 0 Å². The second-order valence-corrected chi connectivity index (χ2v) is 5.32. The Bertz CT molecular complexity index is 267. The minimum absolute atomic E-state index is 0.00685. The highest BCUT2D eigenvalue weighted by Crippen LogP contribution is 2.38. The minimum atomic E-state index is -1.02. The predicted molar refractivity (Wildman–Crippen MR) is 65.7 cm³/mol. The van der Waals surface area contributed by atoms with Crippen LogP contribution in [0, 0.1) is 0 Å². The van der Waals surface area contributed by atoms with Gasteiger partial charge in [-0.15, -0.1) is 0 Å². The van der Waals surface area contributed by atoms with Crippen LogP contribution < -0.4 is 0 Å². The number of hydrogen-bond acceptors (Lipinski definition) is 2. The quantitative estimate of drug-likeness (QED) is 0.736. The Morgan fingerprint density at radius 2 is 1.88 bits per heavy atom. The van der Waals surface area contributed by atoms with E-state index in [1.54, 1.807) is 4.90 Å². The molecule has 1 saturated heterocycles. The lowest BCUT2D eigenvalue weighted by atomic mass is 10.0. The van der Waals surface area contributed by atoms with Crippen LogP contribution in [0.1, 0.15) is 40.5 Å². The molecule has 94 valence electrons. The second kappa shape index (κ2) is 5.11. The Kier molecular flexibility index (Phi) is 4.49. The fourth-order valence-electron chi connectivity index (χ4n) is 2.35. The molecule has 0 saturated carbocycles. The van der Waals surface area contributed by atoms with E-state index in [0.29, 0.717) is 0 Å². The van der Waals surface area contributed by atoms with Crippen molar-refractivity contribution in [2.75, 3.05) is 0 Å². The van der Waals surface area contributed by atoms with Gasteiger partial charge in [0.05, 0.1) is 12.1 Å². The fourth-order valence-corrected chi connectivity index (χ4v) is 2.56. The SMILES string of the molecule is CCC1(CC)OC(C)C(C)N1C(=O)C(Cl)Cl. The van der Waals surface area contributed by atoms with E-state index in [1.165, 1.54) is 0 Å². The second-order valence-electron chi connectivity index (χ2n) is 4.23. The van der Waals surface area contributed by atoms with Crippen LogP contribution in [0.15, 0.2) is 0 Å². The van der Waals surface area contributed by atoms with Crippen LogP contribution in [-0.4, -0.2) is 33.5 Å². The summed E-state index contributed by atoms with van der Waals surface area (Å²) in [6.45, 7) is 7.94. The van der Waals surface area contributed by atoms with Crippen molar-refractivity contribution in [2.45, 2.75) is 63.2 Å². The zero-order valence-corrected chi connectivity index (χ0v) is 11.7. The first-order valence-electron chi connectivity index (χ1n) is 5.68. The molecule has 0 aliphatic carbocycles. The highest BCUT2D eigenvalue weighted by molar-refractivity contribution is 6.53. The highest BCUT2D eigenvalue weighted by atomic mass is 35.5. The number of nitrogens with zero attached hydrogens (tertiary/aromatic N) is 1. The first kappa shape index (κ1) is 14.1. The molecule has 0 N–H and O–H groups in total. The van der Waals surface area contributed by atoms with E-state index < -0.39 is 10.6 Å². The summed E-state index contributed by atoms with van der Waals surface area (Å²) < 4.78 is 5.93. The highest BCUT2D eigenvalue weighted by Gasteiger charge is 2.50.